The van der Waals surface area contributed by atoms with Crippen molar-refractivity contribution in [2.24, 2.45) is 4.99 Å². The van der Waals surface area contributed by atoms with Gasteiger partial charge in [0.25, 0.3) is 0 Å². The van der Waals surface area contributed by atoms with Crippen LogP contribution >= 0.6 is 24.0 Å². The van der Waals surface area contributed by atoms with Crippen molar-refractivity contribution in [3.8, 4) is 6.07 Å². The molecule has 148 valence electrons. The molecule has 1 fully saturated rings. The summed E-state index contributed by atoms with van der Waals surface area (Å²) in [7, 11) is 1.80. The molecule has 0 bridgehead atoms. The van der Waals surface area contributed by atoms with Crippen molar-refractivity contribution in [1.82, 2.24) is 15.5 Å². The molecule has 0 aromatic heterocycles. The largest absolute Gasteiger partial charge is 0.354 e. The molecule has 2 aromatic carbocycles. The summed E-state index contributed by atoms with van der Waals surface area (Å²) in [4.78, 5) is 6.85. The van der Waals surface area contributed by atoms with Gasteiger partial charge in [0, 0.05) is 39.3 Å². The smallest absolute Gasteiger partial charge is 0.191 e. The highest BCUT2D eigenvalue weighted by Crippen LogP contribution is 2.14. The van der Waals surface area contributed by atoms with Crippen molar-refractivity contribution >= 4 is 29.9 Å². The third-order valence-electron chi connectivity index (χ3n) is 4.92. The second-order valence-electron chi connectivity index (χ2n) is 6.92. The van der Waals surface area contributed by atoms with E-state index in [0.717, 1.165) is 44.0 Å². The van der Waals surface area contributed by atoms with Gasteiger partial charge in [-0.15, -0.1) is 24.0 Å². The lowest BCUT2D eigenvalue weighted by Gasteiger charge is -2.33. The number of hydrogen-bond donors (Lipinski definition) is 2. The summed E-state index contributed by atoms with van der Waals surface area (Å²) in [5, 5.41) is 15.9. The van der Waals surface area contributed by atoms with E-state index in [9.17, 15) is 0 Å². The number of guanidine groups is 1. The molecule has 0 atom stereocenters. The minimum Gasteiger partial charge on any atom is -0.354 e. The lowest BCUT2D eigenvalue weighted by Crippen LogP contribution is -2.48. The van der Waals surface area contributed by atoms with E-state index in [1.807, 2.05) is 24.3 Å². The Balaban J connectivity index is 0.00000280. The highest BCUT2D eigenvalue weighted by atomic mass is 127. The Bertz CT molecular complexity index is 792. The summed E-state index contributed by atoms with van der Waals surface area (Å²) >= 11 is 0. The molecular weight excluding hydrogens is 461 g/mol. The Morgan fingerprint density at radius 3 is 2.50 bits per heavy atom. The third-order valence-corrected chi connectivity index (χ3v) is 4.92. The van der Waals surface area contributed by atoms with Crippen molar-refractivity contribution in [3.63, 3.8) is 0 Å². The van der Waals surface area contributed by atoms with Crippen LogP contribution in [0.4, 0.5) is 0 Å². The molecule has 0 radical (unpaired) electrons. The van der Waals surface area contributed by atoms with Gasteiger partial charge in [0.2, 0.25) is 0 Å². The second kappa shape index (κ2) is 11.7. The van der Waals surface area contributed by atoms with Crippen LogP contribution in [0.25, 0.3) is 0 Å². The average Bonchev–Trinajstić information content (AvgIpc) is 2.73. The molecule has 3 rings (SSSR count). The molecule has 0 amide bonds. The maximum atomic E-state index is 9.01. The number of aliphatic imine (C=N–C) groups is 1. The van der Waals surface area contributed by atoms with E-state index in [0.29, 0.717) is 18.2 Å². The number of rotatable bonds is 5. The van der Waals surface area contributed by atoms with Crippen LogP contribution in [0.1, 0.15) is 29.5 Å². The summed E-state index contributed by atoms with van der Waals surface area (Å²) in [6, 6.07) is 20.9. The summed E-state index contributed by atoms with van der Waals surface area (Å²) in [6.07, 6.45) is 2.22. The highest BCUT2D eigenvalue weighted by Gasteiger charge is 2.19. The number of benzene rings is 2. The second-order valence-corrected chi connectivity index (χ2v) is 6.92. The van der Waals surface area contributed by atoms with Crippen LogP contribution < -0.4 is 10.6 Å². The summed E-state index contributed by atoms with van der Waals surface area (Å²) < 4.78 is 0. The molecule has 6 heteroatoms. The Kier molecular flexibility index (Phi) is 9.24. The molecule has 0 unspecified atom stereocenters. The monoisotopic (exact) mass is 489 g/mol. The van der Waals surface area contributed by atoms with Gasteiger partial charge in [-0.3, -0.25) is 9.89 Å². The molecule has 0 aliphatic carbocycles. The number of halogens is 1. The molecule has 5 nitrogen and oxygen atoms in total. The van der Waals surface area contributed by atoms with Crippen LogP contribution in [0.3, 0.4) is 0 Å². The Morgan fingerprint density at radius 2 is 1.82 bits per heavy atom. The summed E-state index contributed by atoms with van der Waals surface area (Å²) in [6.45, 7) is 3.86. The zero-order valence-electron chi connectivity index (χ0n) is 16.3. The molecule has 1 heterocycles. The number of hydrogen-bond acceptors (Lipinski definition) is 3. The van der Waals surface area contributed by atoms with E-state index >= 15 is 0 Å². The van der Waals surface area contributed by atoms with E-state index in [1.165, 1.54) is 5.56 Å². The minimum absolute atomic E-state index is 0. The predicted octanol–water partition coefficient (Wildman–Crippen LogP) is 3.51. The third kappa shape index (κ3) is 6.80. The average molecular weight is 489 g/mol. The van der Waals surface area contributed by atoms with Gasteiger partial charge in [-0.1, -0.05) is 42.5 Å². The normalized spacial score (nSPS) is 15.4. The van der Waals surface area contributed by atoms with Gasteiger partial charge in [0.1, 0.15) is 0 Å². The molecule has 2 N–H and O–H groups in total. The summed E-state index contributed by atoms with van der Waals surface area (Å²) in [5.41, 5.74) is 3.14. The van der Waals surface area contributed by atoms with Crippen molar-refractivity contribution in [2.45, 2.75) is 32.0 Å². The standard InChI is InChI=1S/C22H27N5.HI/c1-24-22(25-16-20-9-5-8-19(14-20)15-23)26-21-10-12-27(13-11-21)17-18-6-3-2-4-7-18;/h2-9,14,21H,10-13,16-17H2,1H3,(H2,24,25,26);1H. The quantitative estimate of drug-likeness (QED) is 0.384. The fourth-order valence-corrected chi connectivity index (χ4v) is 3.40. The van der Waals surface area contributed by atoms with Crippen LogP contribution in [0, 0.1) is 11.3 Å². The first-order valence-corrected chi connectivity index (χ1v) is 9.49. The fourth-order valence-electron chi connectivity index (χ4n) is 3.40. The number of nitrogens with one attached hydrogen (secondary N) is 2. The number of nitriles is 1. The van der Waals surface area contributed by atoms with Gasteiger partial charge in [-0.2, -0.15) is 5.26 Å². The van der Waals surface area contributed by atoms with Gasteiger partial charge < -0.3 is 10.6 Å². The van der Waals surface area contributed by atoms with Gasteiger partial charge in [-0.05, 0) is 36.1 Å². The van der Waals surface area contributed by atoms with Gasteiger partial charge >= 0.3 is 0 Å². The van der Waals surface area contributed by atoms with Crippen LogP contribution in [-0.2, 0) is 13.1 Å². The lowest BCUT2D eigenvalue weighted by molar-refractivity contribution is 0.198. The van der Waals surface area contributed by atoms with Crippen LogP contribution in [0.2, 0.25) is 0 Å². The molecule has 2 aromatic rings. The van der Waals surface area contributed by atoms with Gasteiger partial charge in [-0.25, -0.2) is 0 Å². The Labute approximate surface area is 184 Å². The minimum atomic E-state index is 0. The van der Waals surface area contributed by atoms with Gasteiger partial charge in [0.05, 0.1) is 11.6 Å². The maximum Gasteiger partial charge on any atom is 0.191 e. The van der Waals surface area contributed by atoms with Crippen molar-refractivity contribution in [2.75, 3.05) is 20.1 Å². The number of likely N-dealkylation sites (tertiary alicyclic amines) is 1. The zero-order chi connectivity index (χ0) is 18.9. The Hall–Kier alpha value is -2.11. The van der Waals surface area contributed by atoms with Crippen molar-refractivity contribution in [3.05, 3.63) is 71.3 Å². The van der Waals surface area contributed by atoms with E-state index < -0.39 is 0 Å². The summed E-state index contributed by atoms with van der Waals surface area (Å²) in [5.74, 6) is 0.818. The number of piperidine rings is 1. The fraction of sp³-hybridized carbons (Fsp3) is 0.364. The molecule has 0 spiro atoms. The molecule has 1 saturated heterocycles. The van der Waals surface area contributed by atoms with Crippen molar-refractivity contribution < 1.29 is 0 Å². The first-order valence-electron chi connectivity index (χ1n) is 9.49. The Morgan fingerprint density at radius 1 is 1.11 bits per heavy atom. The van der Waals surface area contributed by atoms with Crippen LogP contribution in [0.5, 0.6) is 0 Å². The molecule has 1 aliphatic rings. The molecular formula is C22H28IN5. The molecule has 0 saturated carbocycles. The molecule has 1 aliphatic heterocycles. The van der Waals surface area contributed by atoms with E-state index in [-0.39, 0.29) is 24.0 Å². The first-order chi connectivity index (χ1) is 13.3. The van der Waals surface area contributed by atoms with E-state index in [4.69, 9.17) is 5.26 Å². The van der Waals surface area contributed by atoms with E-state index in [2.05, 4.69) is 56.9 Å². The number of nitrogens with zero attached hydrogens (tertiary/aromatic N) is 3. The predicted molar refractivity (Wildman–Crippen MR) is 125 cm³/mol. The lowest BCUT2D eigenvalue weighted by atomic mass is 10.0. The SMILES string of the molecule is CN=C(NCc1cccc(C#N)c1)NC1CCN(Cc2ccccc2)CC1.I. The molecule has 28 heavy (non-hydrogen) atoms. The topological polar surface area (TPSA) is 63.5 Å². The highest BCUT2D eigenvalue weighted by molar-refractivity contribution is 14.0. The van der Waals surface area contributed by atoms with E-state index in [1.54, 1.807) is 7.05 Å². The van der Waals surface area contributed by atoms with Crippen LogP contribution in [-0.4, -0.2) is 37.0 Å². The van der Waals surface area contributed by atoms with Crippen molar-refractivity contribution in [1.29, 1.82) is 5.26 Å². The van der Waals surface area contributed by atoms with Gasteiger partial charge in [0.15, 0.2) is 5.96 Å². The van der Waals surface area contributed by atoms with Crippen LogP contribution in [0.15, 0.2) is 59.6 Å². The zero-order valence-corrected chi connectivity index (χ0v) is 18.6. The first kappa shape index (κ1) is 22.2. The maximum absolute atomic E-state index is 9.01.